The van der Waals surface area contributed by atoms with Crippen LogP contribution in [-0.2, 0) is 0 Å². The fourth-order valence-electron chi connectivity index (χ4n) is 3.55. The van der Waals surface area contributed by atoms with Gasteiger partial charge in [-0.1, -0.05) is 17.7 Å². The van der Waals surface area contributed by atoms with Gasteiger partial charge in [0.2, 0.25) is 0 Å². The zero-order chi connectivity index (χ0) is 19.7. The molecular formula is C21H25N3O3. The maximum Gasteiger partial charge on any atom is 0.261 e. The molecular weight excluding hydrogens is 342 g/mol. The van der Waals surface area contributed by atoms with Crippen molar-refractivity contribution in [3.8, 4) is 0 Å². The minimum absolute atomic E-state index is 0.0291. The Morgan fingerprint density at radius 3 is 2.33 bits per heavy atom. The van der Waals surface area contributed by atoms with Gasteiger partial charge in [0.15, 0.2) is 5.78 Å². The Kier molecular flexibility index (Phi) is 5.17. The lowest BCUT2D eigenvalue weighted by Crippen LogP contribution is -2.54. The summed E-state index contributed by atoms with van der Waals surface area (Å²) in [6, 6.07) is 9.71. The van der Waals surface area contributed by atoms with Crippen molar-refractivity contribution < 1.29 is 9.59 Å². The predicted molar refractivity (Wildman–Crippen MR) is 106 cm³/mol. The summed E-state index contributed by atoms with van der Waals surface area (Å²) in [4.78, 5) is 43.6. The number of benzene rings is 1. The minimum Gasteiger partial charge on any atom is -0.368 e. The highest BCUT2D eigenvalue weighted by Gasteiger charge is 2.30. The summed E-state index contributed by atoms with van der Waals surface area (Å²) in [7, 11) is 0. The van der Waals surface area contributed by atoms with Crippen LogP contribution >= 0.6 is 0 Å². The molecule has 27 heavy (non-hydrogen) atoms. The first-order chi connectivity index (χ1) is 12.8. The maximum absolute atomic E-state index is 13.0. The molecule has 3 rings (SSSR count). The first-order valence-corrected chi connectivity index (χ1v) is 9.15. The van der Waals surface area contributed by atoms with Gasteiger partial charge in [0.05, 0.1) is 0 Å². The highest BCUT2D eigenvalue weighted by Crippen LogP contribution is 2.21. The van der Waals surface area contributed by atoms with Crippen LogP contribution in [0.5, 0.6) is 0 Å². The number of rotatable bonds is 3. The lowest BCUT2D eigenvalue weighted by molar-refractivity contribution is 0.0672. The molecule has 1 unspecified atom stereocenters. The average Bonchev–Trinajstić information content (AvgIpc) is 2.61. The maximum atomic E-state index is 13.0. The molecule has 1 aromatic heterocycles. The molecule has 1 aliphatic heterocycles. The van der Waals surface area contributed by atoms with Gasteiger partial charge in [-0.15, -0.1) is 0 Å². The third kappa shape index (κ3) is 3.79. The van der Waals surface area contributed by atoms with Gasteiger partial charge in [-0.3, -0.25) is 14.4 Å². The number of nitrogens with one attached hydrogen (secondary N) is 1. The molecule has 2 aromatic rings. The number of hydrogen-bond donors (Lipinski definition) is 1. The molecule has 2 heterocycles. The van der Waals surface area contributed by atoms with Crippen molar-refractivity contribution in [2.75, 3.05) is 24.5 Å². The molecule has 1 amide bonds. The lowest BCUT2D eigenvalue weighted by Gasteiger charge is -2.41. The van der Waals surface area contributed by atoms with Crippen molar-refractivity contribution in [3.63, 3.8) is 0 Å². The van der Waals surface area contributed by atoms with E-state index in [0.717, 1.165) is 5.69 Å². The number of hydrogen-bond acceptors (Lipinski definition) is 4. The van der Waals surface area contributed by atoms with Gasteiger partial charge >= 0.3 is 0 Å². The zero-order valence-electron chi connectivity index (χ0n) is 16.2. The summed E-state index contributed by atoms with van der Waals surface area (Å²) in [5.41, 5.74) is 2.79. The van der Waals surface area contributed by atoms with Crippen molar-refractivity contribution in [2.24, 2.45) is 0 Å². The van der Waals surface area contributed by atoms with Crippen LogP contribution in [0.25, 0.3) is 0 Å². The molecule has 0 spiro atoms. The van der Waals surface area contributed by atoms with Gasteiger partial charge in [0, 0.05) is 42.6 Å². The van der Waals surface area contributed by atoms with Gasteiger partial charge in [0.1, 0.15) is 5.56 Å². The molecule has 1 fully saturated rings. The molecule has 0 saturated carbocycles. The van der Waals surface area contributed by atoms with E-state index in [-0.39, 0.29) is 23.3 Å². The Morgan fingerprint density at radius 2 is 1.74 bits per heavy atom. The van der Waals surface area contributed by atoms with E-state index in [1.807, 2.05) is 6.92 Å². The summed E-state index contributed by atoms with van der Waals surface area (Å²) in [6.07, 6.45) is 0. The van der Waals surface area contributed by atoms with Crippen LogP contribution in [0.2, 0.25) is 0 Å². The van der Waals surface area contributed by atoms with E-state index in [1.54, 1.807) is 11.8 Å². The highest BCUT2D eigenvalue weighted by molar-refractivity contribution is 6.00. The summed E-state index contributed by atoms with van der Waals surface area (Å²) in [5.74, 6) is -0.496. The molecule has 0 radical (unpaired) electrons. The number of Topliss-reactive ketones (excluding diaryl/α,β-unsaturated/α-hetero) is 1. The van der Waals surface area contributed by atoms with E-state index in [2.05, 4.69) is 41.1 Å². The summed E-state index contributed by atoms with van der Waals surface area (Å²) in [5, 5.41) is 0. The number of carbonyl (C=O) groups is 2. The highest BCUT2D eigenvalue weighted by atomic mass is 16.2. The van der Waals surface area contributed by atoms with Crippen LogP contribution < -0.4 is 10.5 Å². The normalized spacial score (nSPS) is 17.1. The number of H-pyrrole nitrogens is 1. The van der Waals surface area contributed by atoms with E-state index in [0.29, 0.717) is 30.9 Å². The molecule has 0 bridgehead atoms. The summed E-state index contributed by atoms with van der Waals surface area (Å²) < 4.78 is 0. The standard InChI is InChI=1S/C21H25N3O3/c1-13-5-7-17(8-6-13)23-9-10-24(14(2)12-23)21(27)19-11-18(16(4)25)15(3)22-20(19)26/h5-8,11,14H,9-10,12H2,1-4H3,(H,22,26). The number of aromatic nitrogens is 1. The number of aryl methyl sites for hydroxylation is 2. The molecule has 6 heteroatoms. The van der Waals surface area contributed by atoms with Crippen LogP contribution in [-0.4, -0.2) is 47.3 Å². The number of ketones is 1. The number of aromatic amines is 1. The molecule has 142 valence electrons. The third-order valence-corrected chi connectivity index (χ3v) is 5.14. The van der Waals surface area contributed by atoms with E-state index < -0.39 is 5.56 Å². The van der Waals surface area contributed by atoms with Crippen LogP contribution in [0.3, 0.4) is 0 Å². The molecule has 1 N–H and O–H groups in total. The first kappa shape index (κ1) is 18.9. The van der Waals surface area contributed by atoms with Gasteiger partial charge in [-0.2, -0.15) is 0 Å². The Labute approximate surface area is 158 Å². The fraction of sp³-hybridized carbons (Fsp3) is 0.381. The van der Waals surface area contributed by atoms with Gasteiger partial charge in [-0.05, 0) is 45.9 Å². The summed E-state index contributed by atoms with van der Waals surface area (Å²) >= 11 is 0. The Bertz CT molecular complexity index is 931. The Morgan fingerprint density at radius 1 is 1.07 bits per heavy atom. The largest absolute Gasteiger partial charge is 0.368 e. The predicted octanol–water partition coefficient (Wildman–Crippen LogP) is 2.55. The zero-order valence-corrected chi connectivity index (χ0v) is 16.2. The average molecular weight is 367 g/mol. The van der Waals surface area contributed by atoms with E-state index in [9.17, 15) is 14.4 Å². The van der Waals surface area contributed by atoms with Crippen molar-refractivity contribution >= 4 is 17.4 Å². The fourth-order valence-corrected chi connectivity index (χ4v) is 3.55. The quantitative estimate of drug-likeness (QED) is 0.846. The first-order valence-electron chi connectivity index (χ1n) is 9.15. The molecule has 0 aliphatic carbocycles. The van der Waals surface area contributed by atoms with Gasteiger partial charge in [0.25, 0.3) is 11.5 Å². The third-order valence-electron chi connectivity index (χ3n) is 5.14. The van der Waals surface area contributed by atoms with Crippen LogP contribution in [0.1, 0.15) is 45.8 Å². The smallest absolute Gasteiger partial charge is 0.261 e. The Balaban J connectivity index is 1.81. The lowest BCUT2D eigenvalue weighted by atomic mass is 10.1. The molecule has 1 aliphatic rings. The van der Waals surface area contributed by atoms with E-state index >= 15 is 0 Å². The van der Waals surface area contributed by atoms with Crippen LogP contribution in [0, 0.1) is 13.8 Å². The van der Waals surface area contributed by atoms with E-state index in [4.69, 9.17) is 0 Å². The van der Waals surface area contributed by atoms with Crippen molar-refractivity contribution in [2.45, 2.75) is 33.7 Å². The second-order valence-corrected chi connectivity index (χ2v) is 7.24. The van der Waals surface area contributed by atoms with Gasteiger partial charge in [-0.25, -0.2) is 0 Å². The minimum atomic E-state index is -0.448. The van der Waals surface area contributed by atoms with Crippen molar-refractivity contribution in [1.29, 1.82) is 0 Å². The summed E-state index contributed by atoms with van der Waals surface area (Å²) in [6.45, 7) is 9.04. The number of pyridine rings is 1. The second-order valence-electron chi connectivity index (χ2n) is 7.24. The number of carbonyl (C=O) groups excluding carboxylic acids is 2. The van der Waals surface area contributed by atoms with Crippen LogP contribution in [0.15, 0.2) is 35.1 Å². The molecule has 6 nitrogen and oxygen atoms in total. The molecule has 1 atom stereocenters. The Hall–Kier alpha value is -2.89. The second kappa shape index (κ2) is 7.39. The number of anilines is 1. The molecule has 1 saturated heterocycles. The SMILES string of the molecule is CC(=O)c1cc(C(=O)N2CCN(c3ccc(C)cc3)CC2C)c(=O)[nH]c1C. The van der Waals surface area contributed by atoms with Crippen molar-refractivity contribution in [1.82, 2.24) is 9.88 Å². The number of piperazine rings is 1. The number of nitrogens with zero attached hydrogens (tertiary/aromatic N) is 2. The van der Waals surface area contributed by atoms with Gasteiger partial charge < -0.3 is 14.8 Å². The molecule has 1 aromatic carbocycles. The van der Waals surface area contributed by atoms with E-state index in [1.165, 1.54) is 18.6 Å². The van der Waals surface area contributed by atoms with Crippen LogP contribution in [0.4, 0.5) is 5.69 Å². The monoisotopic (exact) mass is 367 g/mol. The number of amides is 1. The van der Waals surface area contributed by atoms with Crippen molar-refractivity contribution in [3.05, 3.63) is 63.1 Å². The topological polar surface area (TPSA) is 73.5 Å².